The van der Waals surface area contributed by atoms with Crippen molar-refractivity contribution >= 4 is 28.1 Å². The van der Waals surface area contributed by atoms with Gasteiger partial charge in [-0.1, -0.05) is 6.92 Å². The molecule has 98 valence electrons. The summed E-state index contributed by atoms with van der Waals surface area (Å²) in [6.45, 7) is 6.80. The van der Waals surface area contributed by atoms with E-state index in [9.17, 15) is 0 Å². The summed E-state index contributed by atoms with van der Waals surface area (Å²) in [4.78, 5) is 0. The summed E-state index contributed by atoms with van der Waals surface area (Å²) in [5.74, 6) is 0. The van der Waals surface area contributed by atoms with Crippen LogP contribution in [0.4, 0.5) is 0 Å². The Morgan fingerprint density at radius 3 is 1.62 bits per heavy atom. The average molecular weight is 304 g/mol. The van der Waals surface area contributed by atoms with Crippen molar-refractivity contribution in [3.63, 3.8) is 0 Å². The fourth-order valence-corrected chi connectivity index (χ4v) is 3.75. The summed E-state index contributed by atoms with van der Waals surface area (Å²) in [7, 11) is 0. The molecular weight excluding hydrogens is 275 g/mol. The molecule has 1 nitrogen and oxygen atoms in total. The van der Waals surface area contributed by atoms with Crippen LogP contribution < -0.4 is 0 Å². The van der Waals surface area contributed by atoms with Crippen LogP contribution in [0.3, 0.4) is 0 Å². The summed E-state index contributed by atoms with van der Waals surface area (Å²) in [5.41, 5.74) is 6.55. The Labute approximate surface area is 115 Å². The zero-order valence-electron chi connectivity index (χ0n) is 11.3. The first-order chi connectivity index (χ1) is 7.68. The average Bonchev–Trinajstić information content (AvgIpc) is 2.29. The predicted molar refractivity (Wildman–Crippen MR) is 80.4 cm³/mol. The van der Waals surface area contributed by atoms with Gasteiger partial charge in [0.05, 0.1) is 0 Å². The van der Waals surface area contributed by atoms with Gasteiger partial charge in [-0.05, 0) is 0 Å². The van der Waals surface area contributed by atoms with Crippen molar-refractivity contribution in [1.82, 2.24) is 0 Å². The van der Waals surface area contributed by atoms with Crippen LogP contribution in [-0.2, 0) is 12.6 Å². The van der Waals surface area contributed by atoms with Crippen LogP contribution in [0.2, 0.25) is 10.5 Å². The Morgan fingerprint density at radius 1 is 1.00 bits per heavy atom. The molecule has 1 N–H and O–H groups in total. The summed E-state index contributed by atoms with van der Waals surface area (Å²) in [5, 5.41) is 3.32. The van der Waals surface area contributed by atoms with Gasteiger partial charge < -0.3 is 18.4 Å². The normalized spacial score (nSPS) is 11.8. The molecular formula is C13H29GeNS-2. The molecule has 0 aromatic carbocycles. The van der Waals surface area contributed by atoms with E-state index in [-0.39, 0.29) is 5.25 Å². The summed E-state index contributed by atoms with van der Waals surface area (Å²) in [6.07, 6.45) is 8.75. The fraction of sp³-hybridized carbons (Fsp3) is 1.00. The molecule has 2 radical (unpaired) electrons. The number of hydrogen-bond acceptors (Lipinski definition) is 1. The third-order valence-corrected chi connectivity index (χ3v) is 5.34. The van der Waals surface area contributed by atoms with Crippen molar-refractivity contribution < 1.29 is 0 Å². The van der Waals surface area contributed by atoms with Crippen LogP contribution in [-0.4, -0.2) is 27.2 Å². The van der Waals surface area contributed by atoms with Gasteiger partial charge in [-0.2, -0.15) is 11.8 Å². The number of rotatable bonds is 9. The van der Waals surface area contributed by atoms with E-state index in [0.717, 1.165) is 0 Å². The van der Waals surface area contributed by atoms with Crippen LogP contribution in [0.5, 0.6) is 0 Å². The standard InChI is InChI=1S/C10H22Ge.C3H8NS/c1-3-5-7-9-11-10-8-6-4-2;1-3(5)2-4/h3-10H2,1-2H3;3-5H,2H2,1H3/q;-1/p-1. The van der Waals surface area contributed by atoms with E-state index in [0.29, 0.717) is 22.0 Å². The van der Waals surface area contributed by atoms with Gasteiger partial charge >= 0.3 is 78.3 Å². The minimum absolute atomic E-state index is 0.134. The fourth-order valence-electron chi connectivity index (χ4n) is 1.12. The molecule has 0 rings (SSSR count). The van der Waals surface area contributed by atoms with Crippen molar-refractivity contribution in [3.05, 3.63) is 5.73 Å². The molecule has 1 atom stereocenters. The first-order valence-electron chi connectivity index (χ1n) is 6.70. The number of unbranched alkanes of at least 4 members (excludes halogenated alkanes) is 4. The third-order valence-electron chi connectivity index (χ3n) is 2.20. The van der Waals surface area contributed by atoms with Crippen molar-refractivity contribution in [2.45, 2.75) is 75.1 Å². The van der Waals surface area contributed by atoms with Crippen molar-refractivity contribution in [2.75, 3.05) is 6.54 Å². The van der Waals surface area contributed by atoms with Crippen molar-refractivity contribution in [1.29, 1.82) is 0 Å². The summed E-state index contributed by atoms with van der Waals surface area (Å²) < 4.78 is 0. The Morgan fingerprint density at radius 2 is 1.38 bits per heavy atom. The van der Waals surface area contributed by atoms with E-state index in [1.54, 1.807) is 10.5 Å². The zero-order valence-corrected chi connectivity index (χ0v) is 14.3. The second-order valence-corrected chi connectivity index (χ2v) is 8.13. The molecule has 0 aromatic rings. The zero-order chi connectivity index (χ0) is 12.6. The molecule has 0 aromatic heterocycles. The topological polar surface area (TPSA) is 23.8 Å². The molecule has 0 saturated heterocycles. The Hall–Kier alpha value is 0.853. The molecule has 0 bridgehead atoms. The molecule has 0 aliphatic rings. The molecule has 0 amide bonds. The van der Waals surface area contributed by atoms with Gasteiger partial charge in [-0.15, -0.1) is 0 Å². The Kier molecular flexibility index (Phi) is 21.9. The van der Waals surface area contributed by atoms with Crippen molar-refractivity contribution in [3.8, 4) is 0 Å². The van der Waals surface area contributed by atoms with Gasteiger partial charge in [0.1, 0.15) is 0 Å². The Balaban J connectivity index is 0. The van der Waals surface area contributed by atoms with E-state index in [1.807, 2.05) is 6.92 Å². The first-order valence-corrected chi connectivity index (χ1v) is 10.1. The molecule has 3 heteroatoms. The molecule has 0 fully saturated rings. The molecule has 0 heterocycles. The second-order valence-electron chi connectivity index (χ2n) is 4.18. The van der Waals surface area contributed by atoms with Crippen LogP contribution in [0, 0.1) is 0 Å². The molecule has 0 aliphatic heterocycles. The molecule has 0 spiro atoms. The second kappa shape index (κ2) is 18.2. The number of hydrogen-bond donors (Lipinski definition) is 0. The minimum atomic E-state index is 0.134. The van der Waals surface area contributed by atoms with Crippen LogP contribution in [0.25, 0.3) is 5.73 Å². The van der Waals surface area contributed by atoms with E-state index < -0.39 is 0 Å². The molecule has 1 unspecified atom stereocenters. The van der Waals surface area contributed by atoms with Crippen LogP contribution in [0.1, 0.15) is 59.3 Å². The van der Waals surface area contributed by atoms with Gasteiger partial charge in [-0.25, -0.2) is 0 Å². The van der Waals surface area contributed by atoms with Crippen molar-refractivity contribution in [2.24, 2.45) is 0 Å². The molecule has 0 saturated carbocycles. The first kappa shape index (κ1) is 19.2. The van der Waals surface area contributed by atoms with Gasteiger partial charge in [0.2, 0.25) is 0 Å². The SMILES string of the molecule is CC([S-])C[NH-].CCCC[CH2][Ge][CH2]CCCC. The van der Waals surface area contributed by atoms with Gasteiger partial charge in [0.15, 0.2) is 0 Å². The van der Waals surface area contributed by atoms with Gasteiger partial charge in [0, 0.05) is 0 Å². The van der Waals surface area contributed by atoms with E-state index in [4.69, 9.17) is 5.73 Å². The number of nitrogens with one attached hydrogen (secondary N) is 1. The molecule has 16 heavy (non-hydrogen) atoms. The van der Waals surface area contributed by atoms with Gasteiger partial charge in [0.25, 0.3) is 0 Å². The van der Waals surface area contributed by atoms with E-state index >= 15 is 0 Å². The van der Waals surface area contributed by atoms with Gasteiger partial charge in [-0.3, -0.25) is 0 Å². The summed E-state index contributed by atoms with van der Waals surface area (Å²) in [6, 6.07) is 0. The monoisotopic (exact) mass is 305 g/mol. The quantitative estimate of drug-likeness (QED) is 0.338. The van der Waals surface area contributed by atoms with Crippen LogP contribution in [0.15, 0.2) is 0 Å². The van der Waals surface area contributed by atoms with E-state index in [2.05, 4.69) is 26.5 Å². The molecule has 0 aliphatic carbocycles. The van der Waals surface area contributed by atoms with Crippen LogP contribution >= 0.6 is 0 Å². The maximum atomic E-state index is 6.55. The summed E-state index contributed by atoms with van der Waals surface area (Å²) >= 11 is 5.07. The predicted octanol–water partition coefficient (Wildman–Crippen LogP) is 4.88. The third kappa shape index (κ3) is 24.2. The van der Waals surface area contributed by atoms with E-state index in [1.165, 1.54) is 38.5 Å². The Bertz CT molecular complexity index is 102. The maximum absolute atomic E-state index is 6.55.